The van der Waals surface area contributed by atoms with Gasteiger partial charge in [0.1, 0.15) is 4.99 Å². The van der Waals surface area contributed by atoms with Crippen molar-refractivity contribution in [1.82, 2.24) is 4.90 Å². The Balaban J connectivity index is 2.56. The molecule has 0 radical (unpaired) electrons. The Kier molecular flexibility index (Phi) is 5.26. The third-order valence-electron chi connectivity index (χ3n) is 2.77. The fraction of sp³-hybridized carbons (Fsp3) is 0.500. The van der Waals surface area contributed by atoms with Gasteiger partial charge < -0.3 is 15.7 Å². The van der Waals surface area contributed by atoms with E-state index < -0.39 is 5.60 Å². The first-order chi connectivity index (χ1) is 8.28. The summed E-state index contributed by atoms with van der Waals surface area (Å²) >= 11 is 4.97. The number of hydrogen-bond acceptors (Lipinski definition) is 3. The molecule has 0 aliphatic heterocycles. The second kappa shape index (κ2) is 6.27. The average Bonchev–Trinajstić information content (AvgIpc) is 2.26. The molecule has 0 amide bonds. The Morgan fingerprint density at radius 1 is 1.44 bits per heavy atom. The van der Waals surface area contributed by atoms with E-state index >= 15 is 0 Å². The summed E-state index contributed by atoms with van der Waals surface area (Å²) in [7, 11) is 2.04. The van der Waals surface area contributed by atoms with Gasteiger partial charge in [0.05, 0.1) is 5.60 Å². The van der Waals surface area contributed by atoms with Gasteiger partial charge in [0, 0.05) is 18.7 Å². The highest BCUT2D eigenvalue weighted by Crippen LogP contribution is 2.11. The van der Waals surface area contributed by atoms with Crippen LogP contribution in [0.15, 0.2) is 24.3 Å². The summed E-state index contributed by atoms with van der Waals surface area (Å²) in [4.78, 5) is 2.60. The summed E-state index contributed by atoms with van der Waals surface area (Å²) in [5.41, 5.74) is 7.08. The van der Waals surface area contributed by atoms with Gasteiger partial charge in [0.2, 0.25) is 0 Å². The van der Waals surface area contributed by atoms with Crippen LogP contribution < -0.4 is 5.73 Å². The molecule has 4 heteroatoms. The first-order valence-corrected chi connectivity index (χ1v) is 6.48. The molecule has 18 heavy (non-hydrogen) atoms. The van der Waals surface area contributed by atoms with Crippen LogP contribution in [0.25, 0.3) is 0 Å². The van der Waals surface area contributed by atoms with E-state index in [4.69, 9.17) is 18.0 Å². The van der Waals surface area contributed by atoms with Crippen molar-refractivity contribution in [2.24, 2.45) is 5.73 Å². The molecule has 0 heterocycles. The van der Waals surface area contributed by atoms with Crippen LogP contribution in [0.1, 0.15) is 31.4 Å². The molecule has 0 aliphatic carbocycles. The number of hydrogen-bond donors (Lipinski definition) is 2. The van der Waals surface area contributed by atoms with Crippen molar-refractivity contribution < 1.29 is 5.11 Å². The van der Waals surface area contributed by atoms with Crippen molar-refractivity contribution in [2.45, 2.75) is 32.4 Å². The third kappa shape index (κ3) is 5.58. The van der Waals surface area contributed by atoms with Gasteiger partial charge in [0.25, 0.3) is 0 Å². The van der Waals surface area contributed by atoms with Crippen molar-refractivity contribution in [3.63, 3.8) is 0 Å². The standard InChI is InChI=1S/C14H22N2OS/c1-14(2,17)7-8-16(3)10-11-5-4-6-12(9-11)13(15)18/h4-6,9,17H,7-8,10H2,1-3H3,(H2,15,18). The molecule has 0 unspecified atom stereocenters. The fourth-order valence-electron chi connectivity index (χ4n) is 1.68. The quantitative estimate of drug-likeness (QED) is 0.772. The van der Waals surface area contributed by atoms with E-state index in [2.05, 4.69) is 11.0 Å². The lowest BCUT2D eigenvalue weighted by atomic mass is 10.1. The van der Waals surface area contributed by atoms with Gasteiger partial charge in [-0.25, -0.2) is 0 Å². The minimum Gasteiger partial charge on any atom is -0.390 e. The van der Waals surface area contributed by atoms with E-state index in [9.17, 15) is 5.11 Å². The second-order valence-electron chi connectivity index (χ2n) is 5.36. The van der Waals surface area contributed by atoms with Crippen molar-refractivity contribution in [3.8, 4) is 0 Å². The molecule has 100 valence electrons. The van der Waals surface area contributed by atoms with Crippen LogP contribution in [-0.4, -0.2) is 34.2 Å². The third-order valence-corrected chi connectivity index (χ3v) is 3.01. The van der Waals surface area contributed by atoms with E-state index in [1.165, 1.54) is 5.56 Å². The minimum atomic E-state index is -0.616. The van der Waals surface area contributed by atoms with Gasteiger partial charge in [-0.2, -0.15) is 0 Å². The fourth-order valence-corrected chi connectivity index (χ4v) is 1.81. The van der Waals surface area contributed by atoms with Crippen LogP contribution in [0.3, 0.4) is 0 Å². The topological polar surface area (TPSA) is 49.5 Å². The van der Waals surface area contributed by atoms with Crippen LogP contribution >= 0.6 is 12.2 Å². The highest BCUT2D eigenvalue weighted by atomic mass is 32.1. The number of rotatable bonds is 6. The van der Waals surface area contributed by atoms with Crippen molar-refractivity contribution in [2.75, 3.05) is 13.6 Å². The molecule has 0 aromatic heterocycles. The molecule has 1 rings (SSSR count). The molecule has 0 aliphatic rings. The van der Waals surface area contributed by atoms with Gasteiger partial charge in [-0.05, 0) is 38.9 Å². The largest absolute Gasteiger partial charge is 0.390 e. The molecule has 1 aromatic rings. The molecule has 1 aromatic carbocycles. The smallest absolute Gasteiger partial charge is 0.103 e. The van der Waals surface area contributed by atoms with Crippen LogP contribution in [0, 0.1) is 0 Å². The Bertz CT molecular complexity index is 413. The summed E-state index contributed by atoms with van der Waals surface area (Å²) < 4.78 is 0. The number of thiocarbonyl (C=S) groups is 1. The van der Waals surface area contributed by atoms with Gasteiger partial charge in [-0.3, -0.25) is 0 Å². The maximum atomic E-state index is 9.69. The molecule has 0 saturated heterocycles. The first kappa shape index (κ1) is 15.1. The molecule has 3 nitrogen and oxygen atoms in total. The second-order valence-corrected chi connectivity index (χ2v) is 5.80. The Hall–Kier alpha value is -0.970. The zero-order valence-electron chi connectivity index (χ0n) is 11.3. The maximum Gasteiger partial charge on any atom is 0.103 e. The van der Waals surface area contributed by atoms with E-state index in [-0.39, 0.29) is 0 Å². The van der Waals surface area contributed by atoms with E-state index in [0.29, 0.717) is 4.99 Å². The average molecular weight is 266 g/mol. The van der Waals surface area contributed by atoms with Gasteiger partial charge in [-0.15, -0.1) is 0 Å². The van der Waals surface area contributed by atoms with Gasteiger partial charge >= 0.3 is 0 Å². The van der Waals surface area contributed by atoms with Crippen molar-refractivity contribution in [3.05, 3.63) is 35.4 Å². The van der Waals surface area contributed by atoms with E-state index in [1.54, 1.807) is 0 Å². The SMILES string of the molecule is CN(CCC(C)(C)O)Cc1cccc(C(N)=S)c1. The van der Waals surface area contributed by atoms with Crippen LogP contribution in [-0.2, 0) is 6.54 Å². The first-order valence-electron chi connectivity index (χ1n) is 6.07. The number of nitrogens with zero attached hydrogens (tertiary/aromatic N) is 1. The van der Waals surface area contributed by atoms with E-state index in [1.807, 2.05) is 39.1 Å². The lowest BCUT2D eigenvalue weighted by molar-refractivity contribution is 0.0599. The minimum absolute atomic E-state index is 0.427. The molecule has 3 N–H and O–H groups in total. The Morgan fingerprint density at radius 3 is 2.67 bits per heavy atom. The predicted molar refractivity (Wildman–Crippen MR) is 79.6 cm³/mol. The molecular weight excluding hydrogens is 244 g/mol. The molecular formula is C14H22N2OS. The van der Waals surface area contributed by atoms with Crippen molar-refractivity contribution >= 4 is 17.2 Å². The maximum absolute atomic E-state index is 9.69. The molecule has 0 spiro atoms. The number of nitrogens with two attached hydrogens (primary N) is 1. The van der Waals surface area contributed by atoms with Crippen LogP contribution in [0.4, 0.5) is 0 Å². The zero-order valence-corrected chi connectivity index (χ0v) is 12.1. The lowest BCUT2D eigenvalue weighted by Gasteiger charge is -2.22. The highest BCUT2D eigenvalue weighted by Gasteiger charge is 2.13. The van der Waals surface area contributed by atoms with Crippen molar-refractivity contribution in [1.29, 1.82) is 0 Å². The summed E-state index contributed by atoms with van der Waals surface area (Å²) in [6, 6.07) is 7.96. The summed E-state index contributed by atoms with van der Waals surface area (Å²) in [6.07, 6.45) is 0.749. The molecule has 0 bridgehead atoms. The monoisotopic (exact) mass is 266 g/mol. The lowest BCUT2D eigenvalue weighted by Crippen LogP contribution is -2.28. The summed E-state index contributed by atoms with van der Waals surface area (Å²) in [5.74, 6) is 0. The molecule has 0 atom stereocenters. The summed E-state index contributed by atoms with van der Waals surface area (Å²) in [6.45, 7) is 5.33. The normalized spacial score (nSPS) is 11.8. The van der Waals surface area contributed by atoms with Crippen LogP contribution in [0.5, 0.6) is 0 Å². The zero-order chi connectivity index (χ0) is 13.8. The molecule has 0 saturated carbocycles. The number of aliphatic hydroxyl groups is 1. The highest BCUT2D eigenvalue weighted by molar-refractivity contribution is 7.80. The molecule has 0 fully saturated rings. The van der Waals surface area contributed by atoms with E-state index in [0.717, 1.165) is 25.1 Å². The van der Waals surface area contributed by atoms with Crippen LogP contribution in [0.2, 0.25) is 0 Å². The number of benzene rings is 1. The predicted octanol–water partition coefficient (Wildman–Crippen LogP) is 1.91. The van der Waals surface area contributed by atoms with Gasteiger partial charge in [0.15, 0.2) is 0 Å². The van der Waals surface area contributed by atoms with Gasteiger partial charge in [-0.1, -0.05) is 30.4 Å². The Morgan fingerprint density at radius 2 is 2.11 bits per heavy atom. The summed E-state index contributed by atoms with van der Waals surface area (Å²) in [5, 5.41) is 9.69. The Labute approximate surface area is 115 Å².